The second-order valence-corrected chi connectivity index (χ2v) is 5.69. The third-order valence-corrected chi connectivity index (χ3v) is 3.76. The molecule has 1 aromatic carbocycles. The molecular weight excluding hydrogens is 363 g/mol. The standard InChI is InChI=1S/C18H14F3N3O3/c1-11-9-15(25)16(17(26)22-10-12-5-4-8-27-12)23-24(11)14-7-3-2-6-13(14)18(19,20)21/h2-9H,10H2,1H3,(H,22,26). The number of hydrogen-bond donors (Lipinski definition) is 1. The van der Waals surface area contributed by atoms with Crippen LogP contribution in [0.15, 0.2) is 57.9 Å². The zero-order chi connectivity index (χ0) is 19.6. The third kappa shape index (κ3) is 3.91. The van der Waals surface area contributed by atoms with Crippen molar-refractivity contribution in [1.29, 1.82) is 0 Å². The van der Waals surface area contributed by atoms with Gasteiger partial charge in [-0.2, -0.15) is 18.3 Å². The van der Waals surface area contributed by atoms with E-state index in [1.165, 1.54) is 31.4 Å². The van der Waals surface area contributed by atoms with E-state index in [0.717, 1.165) is 16.8 Å². The number of nitrogens with one attached hydrogen (secondary N) is 1. The lowest BCUT2D eigenvalue weighted by atomic mass is 10.1. The van der Waals surface area contributed by atoms with Gasteiger partial charge < -0.3 is 9.73 Å². The maximum absolute atomic E-state index is 13.3. The van der Waals surface area contributed by atoms with E-state index in [0.29, 0.717) is 5.76 Å². The van der Waals surface area contributed by atoms with Crippen molar-refractivity contribution in [3.63, 3.8) is 0 Å². The highest BCUT2D eigenvalue weighted by molar-refractivity contribution is 5.91. The van der Waals surface area contributed by atoms with Crippen LogP contribution in [0.25, 0.3) is 5.69 Å². The van der Waals surface area contributed by atoms with Gasteiger partial charge in [0.05, 0.1) is 24.1 Å². The molecule has 0 bridgehead atoms. The fourth-order valence-corrected chi connectivity index (χ4v) is 2.51. The lowest BCUT2D eigenvalue weighted by Gasteiger charge is -2.16. The molecule has 27 heavy (non-hydrogen) atoms. The maximum Gasteiger partial charge on any atom is 0.418 e. The first-order valence-corrected chi connectivity index (χ1v) is 7.85. The fourth-order valence-electron chi connectivity index (χ4n) is 2.51. The van der Waals surface area contributed by atoms with Gasteiger partial charge in [-0.05, 0) is 31.2 Å². The fraction of sp³-hybridized carbons (Fsp3) is 0.167. The summed E-state index contributed by atoms with van der Waals surface area (Å²) >= 11 is 0. The first-order chi connectivity index (χ1) is 12.8. The molecule has 9 heteroatoms. The molecule has 0 aliphatic rings. The summed E-state index contributed by atoms with van der Waals surface area (Å²) in [6, 6.07) is 9.13. The number of carbonyl (C=O) groups excluding carboxylic acids is 1. The molecule has 0 aliphatic carbocycles. The maximum atomic E-state index is 13.3. The Bertz CT molecular complexity index is 1020. The highest BCUT2D eigenvalue weighted by Crippen LogP contribution is 2.33. The van der Waals surface area contributed by atoms with Gasteiger partial charge in [0, 0.05) is 11.8 Å². The summed E-state index contributed by atoms with van der Waals surface area (Å²) in [5, 5.41) is 6.33. The number of amides is 1. The monoisotopic (exact) mass is 377 g/mol. The Morgan fingerprint density at radius 2 is 1.96 bits per heavy atom. The minimum absolute atomic E-state index is 0.0139. The average Bonchev–Trinajstić information content (AvgIpc) is 3.12. The number of benzene rings is 1. The van der Waals surface area contributed by atoms with Crippen molar-refractivity contribution in [2.75, 3.05) is 0 Å². The Morgan fingerprint density at radius 1 is 1.22 bits per heavy atom. The smallest absolute Gasteiger partial charge is 0.418 e. The van der Waals surface area contributed by atoms with Gasteiger partial charge >= 0.3 is 6.18 Å². The van der Waals surface area contributed by atoms with E-state index in [2.05, 4.69) is 10.4 Å². The molecule has 1 N–H and O–H groups in total. The van der Waals surface area contributed by atoms with Crippen molar-refractivity contribution in [1.82, 2.24) is 15.1 Å². The van der Waals surface area contributed by atoms with E-state index in [9.17, 15) is 22.8 Å². The van der Waals surface area contributed by atoms with Gasteiger partial charge in [-0.25, -0.2) is 4.68 Å². The number of carbonyl (C=O) groups is 1. The Labute approximate surface area is 151 Å². The van der Waals surface area contributed by atoms with Gasteiger partial charge in [-0.15, -0.1) is 0 Å². The molecule has 0 aliphatic heterocycles. The van der Waals surface area contributed by atoms with Crippen LogP contribution < -0.4 is 10.7 Å². The van der Waals surface area contributed by atoms with Gasteiger partial charge in [0.15, 0.2) is 5.69 Å². The Kier molecular flexibility index (Phi) is 4.85. The molecule has 0 saturated heterocycles. The summed E-state index contributed by atoms with van der Waals surface area (Å²) in [6.45, 7) is 1.45. The molecule has 1 amide bonds. The van der Waals surface area contributed by atoms with E-state index < -0.39 is 28.8 Å². The first kappa shape index (κ1) is 18.4. The van der Waals surface area contributed by atoms with Crippen molar-refractivity contribution < 1.29 is 22.4 Å². The van der Waals surface area contributed by atoms with Crippen molar-refractivity contribution >= 4 is 5.91 Å². The molecule has 0 spiro atoms. The summed E-state index contributed by atoms with van der Waals surface area (Å²) in [6.07, 6.45) is -3.19. The van der Waals surface area contributed by atoms with Crippen molar-refractivity contribution in [3.8, 4) is 5.69 Å². The number of aromatic nitrogens is 2. The Hall–Kier alpha value is -3.36. The molecule has 0 fully saturated rings. The third-order valence-electron chi connectivity index (χ3n) is 3.76. The quantitative estimate of drug-likeness (QED) is 0.758. The van der Waals surface area contributed by atoms with Crippen LogP contribution in [0.5, 0.6) is 0 Å². The summed E-state index contributed by atoms with van der Waals surface area (Å²) in [7, 11) is 0. The lowest BCUT2D eigenvalue weighted by Crippen LogP contribution is -2.32. The minimum atomic E-state index is -4.62. The lowest BCUT2D eigenvalue weighted by molar-refractivity contribution is -0.137. The molecule has 140 valence electrons. The number of alkyl halides is 3. The van der Waals surface area contributed by atoms with E-state index in [-0.39, 0.29) is 17.9 Å². The zero-order valence-electron chi connectivity index (χ0n) is 14.1. The van der Waals surface area contributed by atoms with Gasteiger partial charge in [0.25, 0.3) is 5.91 Å². The molecular formula is C18H14F3N3O3. The Morgan fingerprint density at radius 3 is 2.63 bits per heavy atom. The SMILES string of the molecule is Cc1cc(=O)c(C(=O)NCc2ccco2)nn1-c1ccccc1C(F)(F)F. The number of para-hydroxylation sites is 1. The predicted octanol–water partition coefficient (Wildman–Crippen LogP) is 3.08. The molecule has 3 rings (SSSR count). The molecule has 0 saturated carbocycles. The van der Waals surface area contributed by atoms with Crippen LogP contribution in [0.1, 0.15) is 27.5 Å². The summed E-state index contributed by atoms with van der Waals surface area (Å²) in [4.78, 5) is 24.4. The highest BCUT2D eigenvalue weighted by atomic mass is 19.4. The van der Waals surface area contributed by atoms with Gasteiger partial charge in [0.2, 0.25) is 5.43 Å². The highest BCUT2D eigenvalue weighted by Gasteiger charge is 2.34. The topological polar surface area (TPSA) is 77.1 Å². The van der Waals surface area contributed by atoms with Crippen LogP contribution in [0.3, 0.4) is 0 Å². The predicted molar refractivity (Wildman–Crippen MR) is 89.5 cm³/mol. The average molecular weight is 377 g/mol. The Balaban J connectivity index is 2.00. The molecule has 6 nitrogen and oxygen atoms in total. The minimum Gasteiger partial charge on any atom is -0.467 e. The van der Waals surface area contributed by atoms with Crippen molar-refractivity contribution in [2.24, 2.45) is 0 Å². The number of furan rings is 1. The molecule has 0 radical (unpaired) electrons. The van der Waals surface area contributed by atoms with Crippen molar-refractivity contribution in [3.05, 3.63) is 81.7 Å². The van der Waals surface area contributed by atoms with Crippen LogP contribution in [0.2, 0.25) is 0 Å². The van der Waals surface area contributed by atoms with Crippen LogP contribution in [-0.2, 0) is 12.7 Å². The largest absolute Gasteiger partial charge is 0.467 e. The second-order valence-electron chi connectivity index (χ2n) is 5.69. The van der Waals surface area contributed by atoms with E-state index in [1.807, 2.05) is 0 Å². The number of rotatable bonds is 4. The van der Waals surface area contributed by atoms with Crippen LogP contribution >= 0.6 is 0 Å². The zero-order valence-corrected chi connectivity index (χ0v) is 14.1. The van der Waals surface area contributed by atoms with Crippen LogP contribution in [0, 0.1) is 6.92 Å². The number of aryl methyl sites for hydroxylation is 1. The van der Waals surface area contributed by atoms with Crippen LogP contribution in [-0.4, -0.2) is 15.7 Å². The van der Waals surface area contributed by atoms with E-state index in [4.69, 9.17) is 4.42 Å². The number of nitrogens with zero attached hydrogens (tertiary/aromatic N) is 2. The van der Waals surface area contributed by atoms with Crippen molar-refractivity contribution in [2.45, 2.75) is 19.6 Å². The normalized spacial score (nSPS) is 11.4. The van der Waals surface area contributed by atoms with E-state index in [1.54, 1.807) is 12.1 Å². The molecule has 3 aromatic rings. The van der Waals surface area contributed by atoms with Gasteiger partial charge in [0.1, 0.15) is 5.76 Å². The van der Waals surface area contributed by atoms with E-state index >= 15 is 0 Å². The number of hydrogen-bond acceptors (Lipinski definition) is 4. The molecule has 0 unspecified atom stereocenters. The molecule has 2 aromatic heterocycles. The van der Waals surface area contributed by atoms with Gasteiger partial charge in [-0.1, -0.05) is 12.1 Å². The second kappa shape index (κ2) is 7.10. The molecule has 0 atom stereocenters. The molecule has 2 heterocycles. The summed E-state index contributed by atoms with van der Waals surface area (Å²) < 4.78 is 45.9. The summed E-state index contributed by atoms with van der Waals surface area (Å²) in [5.74, 6) is -0.354. The van der Waals surface area contributed by atoms with Gasteiger partial charge in [-0.3, -0.25) is 9.59 Å². The summed E-state index contributed by atoms with van der Waals surface area (Å²) in [5.41, 5.74) is -2.23. The first-order valence-electron chi connectivity index (χ1n) is 7.85. The number of halogens is 3. The van der Waals surface area contributed by atoms with Crippen LogP contribution in [0.4, 0.5) is 13.2 Å².